The molecule has 2 N–H and O–H groups in total. The van der Waals surface area contributed by atoms with Crippen LogP contribution in [0, 0.1) is 5.41 Å². The smallest absolute Gasteiger partial charge is 0.144 e. The van der Waals surface area contributed by atoms with E-state index >= 15 is 0 Å². The van der Waals surface area contributed by atoms with Crippen molar-refractivity contribution in [2.24, 2.45) is 11.1 Å². The van der Waals surface area contributed by atoms with Crippen molar-refractivity contribution in [3.8, 4) is 5.75 Å². The number of hydrogen-bond acceptors (Lipinski definition) is 3. The third-order valence-electron chi connectivity index (χ3n) is 2.87. The second kappa shape index (κ2) is 5.65. The van der Waals surface area contributed by atoms with Crippen molar-refractivity contribution in [3.63, 3.8) is 0 Å². The van der Waals surface area contributed by atoms with Crippen LogP contribution in [0.2, 0.25) is 0 Å². The van der Waals surface area contributed by atoms with E-state index in [0.29, 0.717) is 13.0 Å². The van der Waals surface area contributed by atoms with Crippen LogP contribution in [-0.2, 0) is 11.2 Å². The van der Waals surface area contributed by atoms with E-state index in [9.17, 15) is 4.79 Å². The molecule has 4 heteroatoms. The van der Waals surface area contributed by atoms with Crippen LogP contribution in [0.4, 0.5) is 0 Å². The van der Waals surface area contributed by atoms with Crippen LogP contribution < -0.4 is 10.5 Å². The Morgan fingerprint density at radius 3 is 2.65 bits per heavy atom. The van der Waals surface area contributed by atoms with E-state index < -0.39 is 5.41 Å². The largest absolute Gasteiger partial charge is 0.497 e. The number of rotatable bonds is 5. The van der Waals surface area contributed by atoms with Gasteiger partial charge in [-0.15, -0.1) is 0 Å². The number of Topliss-reactive ketones (excluding diaryl/α,β-unsaturated/α-hetero) is 1. The highest BCUT2D eigenvalue weighted by Gasteiger charge is 2.26. The Labute approximate surface area is 110 Å². The minimum absolute atomic E-state index is 0.133. The molecular formula is C13H18BrNO2. The van der Waals surface area contributed by atoms with Gasteiger partial charge in [0.1, 0.15) is 11.5 Å². The standard InChI is InChI=1S/C13H18BrNO2/c1-13(2,8-15)12(16)7-9-6-10(17-3)4-5-11(9)14/h4-6H,7-8,15H2,1-3H3. The van der Waals surface area contributed by atoms with Gasteiger partial charge >= 0.3 is 0 Å². The second-order valence-electron chi connectivity index (χ2n) is 4.65. The lowest BCUT2D eigenvalue weighted by Crippen LogP contribution is -2.33. The van der Waals surface area contributed by atoms with Crippen molar-refractivity contribution < 1.29 is 9.53 Å². The third kappa shape index (κ3) is 3.54. The van der Waals surface area contributed by atoms with Gasteiger partial charge in [-0.2, -0.15) is 0 Å². The van der Waals surface area contributed by atoms with Crippen molar-refractivity contribution in [2.75, 3.05) is 13.7 Å². The van der Waals surface area contributed by atoms with Gasteiger partial charge in [0, 0.05) is 22.9 Å². The Bertz CT molecular complexity index is 416. The molecule has 0 atom stereocenters. The summed E-state index contributed by atoms with van der Waals surface area (Å²) < 4.78 is 6.06. The lowest BCUT2D eigenvalue weighted by atomic mass is 9.85. The predicted molar refractivity (Wildman–Crippen MR) is 72.2 cm³/mol. The topological polar surface area (TPSA) is 52.3 Å². The molecule has 0 saturated heterocycles. The summed E-state index contributed by atoms with van der Waals surface area (Å²) in [5, 5.41) is 0. The van der Waals surface area contributed by atoms with Crippen molar-refractivity contribution in [1.29, 1.82) is 0 Å². The maximum Gasteiger partial charge on any atom is 0.144 e. The molecule has 0 bridgehead atoms. The molecule has 1 aromatic rings. The van der Waals surface area contributed by atoms with Gasteiger partial charge in [-0.1, -0.05) is 29.8 Å². The first-order valence-corrected chi connectivity index (χ1v) is 6.26. The zero-order chi connectivity index (χ0) is 13.1. The molecule has 17 heavy (non-hydrogen) atoms. The number of benzene rings is 1. The summed E-state index contributed by atoms with van der Waals surface area (Å²) in [6.07, 6.45) is 0.363. The Kier molecular flexibility index (Phi) is 4.71. The van der Waals surface area contributed by atoms with Gasteiger partial charge in [-0.25, -0.2) is 0 Å². The van der Waals surface area contributed by atoms with Crippen molar-refractivity contribution >= 4 is 21.7 Å². The number of hydrogen-bond donors (Lipinski definition) is 1. The Balaban J connectivity index is 2.91. The maximum atomic E-state index is 12.1. The molecule has 0 radical (unpaired) electrons. The molecule has 94 valence electrons. The van der Waals surface area contributed by atoms with Crippen molar-refractivity contribution in [2.45, 2.75) is 20.3 Å². The first-order chi connectivity index (χ1) is 7.90. The fourth-order valence-corrected chi connectivity index (χ4v) is 1.73. The number of ether oxygens (including phenoxy) is 1. The molecule has 0 aromatic heterocycles. The van der Waals surface area contributed by atoms with Gasteiger partial charge in [-0.3, -0.25) is 4.79 Å². The molecule has 0 saturated carbocycles. The minimum Gasteiger partial charge on any atom is -0.497 e. The van der Waals surface area contributed by atoms with Crippen molar-refractivity contribution in [1.82, 2.24) is 0 Å². The van der Waals surface area contributed by atoms with E-state index in [4.69, 9.17) is 10.5 Å². The molecule has 3 nitrogen and oxygen atoms in total. The van der Waals surface area contributed by atoms with E-state index in [-0.39, 0.29) is 5.78 Å². The fraction of sp³-hybridized carbons (Fsp3) is 0.462. The predicted octanol–water partition coefficient (Wildman–Crippen LogP) is 2.55. The molecular weight excluding hydrogens is 282 g/mol. The number of halogens is 1. The summed E-state index contributed by atoms with van der Waals surface area (Å²) >= 11 is 3.44. The zero-order valence-electron chi connectivity index (χ0n) is 10.4. The summed E-state index contributed by atoms with van der Waals surface area (Å²) in [4.78, 5) is 12.1. The summed E-state index contributed by atoms with van der Waals surface area (Å²) in [5.41, 5.74) is 6.04. The quantitative estimate of drug-likeness (QED) is 0.909. The first kappa shape index (κ1) is 14.2. The molecule has 1 aromatic carbocycles. The molecule has 0 heterocycles. The molecule has 0 spiro atoms. The molecule has 0 amide bonds. The second-order valence-corrected chi connectivity index (χ2v) is 5.50. The van der Waals surface area contributed by atoms with E-state index in [1.807, 2.05) is 32.0 Å². The molecule has 0 aliphatic rings. The van der Waals surface area contributed by atoms with E-state index in [2.05, 4.69) is 15.9 Å². The van der Waals surface area contributed by atoms with Gasteiger partial charge in [-0.05, 0) is 23.8 Å². The summed E-state index contributed by atoms with van der Waals surface area (Å²) in [6, 6.07) is 5.61. The maximum absolute atomic E-state index is 12.1. The third-order valence-corrected chi connectivity index (χ3v) is 3.64. The lowest BCUT2D eigenvalue weighted by Gasteiger charge is -2.21. The van der Waals surface area contributed by atoms with Gasteiger partial charge in [0.2, 0.25) is 0 Å². The first-order valence-electron chi connectivity index (χ1n) is 5.46. The minimum atomic E-state index is -0.484. The van der Waals surface area contributed by atoms with Crippen molar-refractivity contribution in [3.05, 3.63) is 28.2 Å². The molecule has 1 rings (SSSR count). The summed E-state index contributed by atoms with van der Waals surface area (Å²) in [5.74, 6) is 0.885. The Morgan fingerprint density at radius 2 is 2.12 bits per heavy atom. The Hall–Kier alpha value is -0.870. The van der Waals surface area contributed by atoms with Gasteiger partial charge in [0.15, 0.2) is 0 Å². The number of methoxy groups -OCH3 is 1. The Morgan fingerprint density at radius 1 is 1.47 bits per heavy atom. The summed E-state index contributed by atoms with van der Waals surface area (Å²) in [6.45, 7) is 4.08. The fourth-order valence-electron chi connectivity index (χ4n) is 1.34. The number of nitrogens with two attached hydrogens (primary N) is 1. The zero-order valence-corrected chi connectivity index (χ0v) is 12.0. The van der Waals surface area contributed by atoms with Crippen LogP contribution in [0.25, 0.3) is 0 Å². The molecule has 0 fully saturated rings. The summed E-state index contributed by atoms with van der Waals surface area (Å²) in [7, 11) is 1.61. The van der Waals surface area contributed by atoms with Gasteiger partial charge < -0.3 is 10.5 Å². The highest BCUT2D eigenvalue weighted by Crippen LogP contribution is 2.25. The monoisotopic (exact) mass is 299 g/mol. The van der Waals surface area contributed by atoms with E-state index in [1.54, 1.807) is 7.11 Å². The van der Waals surface area contributed by atoms with Crippen LogP contribution in [0.3, 0.4) is 0 Å². The van der Waals surface area contributed by atoms with Crippen LogP contribution in [-0.4, -0.2) is 19.4 Å². The van der Waals surface area contributed by atoms with Crippen LogP contribution in [0.15, 0.2) is 22.7 Å². The average molecular weight is 300 g/mol. The van der Waals surface area contributed by atoms with Crippen LogP contribution >= 0.6 is 15.9 Å². The molecule has 0 unspecified atom stereocenters. The number of ketones is 1. The number of carbonyl (C=O) groups excluding carboxylic acids is 1. The van der Waals surface area contributed by atoms with E-state index in [0.717, 1.165) is 15.8 Å². The van der Waals surface area contributed by atoms with E-state index in [1.165, 1.54) is 0 Å². The lowest BCUT2D eigenvalue weighted by molar-refractivity contribution is -0.125. The van der Waals surface area contributed by atoms with Crippen LogP contribution in [0.1, 0.15) is 19.4 Å². The molecule has 0 aliphatic heterocycles. The highest BCUT2D eigenvalue weighted by atomic mass is 79.9. The molecule has 0 aliphatic carbocycles. The highest BCUT2D eigenvalue weighted by molar-refractivity contribution is 9.10. The SMILES string of the molecule is COc1ccc(Br)c(CC(=O)C(C)(C)CN)c1. The normalized spacial score (nSPS) is 11.4. The van der Waals surface area contributed by atoms with Gasteiger partial charge in [0.25, 0.3) is 0 Å². The average Bonchev–Trinajstić information content (AvgIpc) is 2.31. The number of carbonyl (C=O) groups is 1. The van der Waals surface area contributed by atoms with Gasteiger partial charge in [0.05, 0.1) is 7.11 Å². The van der Waals surface area contributed by atoms with Crippen LogP contribution in [0.5, 0.6) is 5.75 Å².